The molecule has 0 bridgehead atoms. The van der Waals surface area contributed by atoms with Gasteiger partial charge in [-0.2, -0.15) is 0 Å². The molecule has 0 radical (unpaired) electrons. The molecule has 0 aromatic rings. The van der Waals surface area contributed by atoms with E-state index in [9.17, 15) is 4.79 Å². The zero-order chi connectivity index (χ0) is 8.85. The van der Waals surface area contributed by atoms with Crippen molar-refractivity contribution in [2.24, 2.45) is 5.73 Å². The lowest BCUT2D eigenvalue weighted by atomic mass is 10.1. The Balaban J connectivity index is 0. The molecule has 0 aromatic carbocycles. The maximum absolute atomic E-state index is 10.9. The molecule has 0 unspecified atom stereocenters. The fourth-order valence-corrected chi connectivity index (χ4v) is 0.731. The van der Waals surface area contributed by atoms with E-state index in [1.54, 1.807) is 6.92 Å². The minimum Gasteiger partial charge on any atom is -0.466 e. The van der Waals surface area contributed by atoms with Gasteiger partial charge in [0.2, 0.25) is 0 Å². The van der Waals surface area contributed by atoms with Gasteiger partial charge in [0.15, 0.2) is 0 Å². The number of hydrogen-bond donors (Lipinski definition) is 1. The van der Waals surface area contributed by atoms with E-state index >= 15 is 0 Å². The van der Waals surface area contributed by atoms with Crippen LogP contribution < -0.4 is 5.73 Å². The van der Waals surface area contributed by atoms with Crippen LogP contribution in [0.2, 0.25) is 0 Å². The van der Waals surface area contributed by atoms with Gasteiger partial charge in [0, 0.05) is 5.57 Å². The molecule has 2 N–H and O–H groups in total. The van der Waals surface area contributed by atoms with Crippen LogP contribution in [0.25, 0.3) is 0 Å². The summed E-state index contributed by atoms with van der Waals surface area (Å²) in [4.78, 5) is 10.9. The molecule has 0 aliphatic carbocycles. The molecule has 0 saturated heterocycles. The number of esters is 1. The summed E-state index contributed by atoms with van der Waals surface area (Å²) in [5, 5.41) is 0. The largest absolute Gasteiger partial charge is 0.466 e. The minimum atomic E-state index is -0.268. The van der Waals surface area contributed by atoms with Crippen molar-refractivity contribution in [3.05, 3.63) is 11.1 Å². The highest BCUT2D eigenvalue weighted by Crippen LogP contribution is 2.07. The molecule has 0 atom stereocenters. The van der Waals surface area contributed by atoms with Gasteiger partial charge in [-0.25, -0.2) is 4.79 Å². The summed E-state index contributed by atoms with van der Waals surface area (Å²) in [6.07, 6.45) is 0.751. The predicted octanol–water partition coefficient (Wildman–Crippen LogP) is 1.27. The standard InChI is InChI=1S/C8H15NO2.ClH/c1-6(4-5-9)7(2)8(10)11-3;/h4-5,9H2,1-3H3;1H. The summed E-state index contributed by atoms with van der Waals surface area (Å²) in [5.74, 6) is -0.268. The van der Waals surface area contributed by atoms with E-state index in [0.29, 0.717) is 12.1 Å². The fraction of sp³-hybridized carbons (Fsp3) is 0.625. The van der Waals surface area contributed by atoms with E-state index in [1.165, 1.54) is 7.11 Å². The highest BCUT2D eigenvalue weighted by molar-refractivity contribution is 5.88. The molecule has 72 valence electrons. The molecule has 3 nitrogen and oxygen atoms in total. The smallest absolute Gasteiger partial charge is 0.333 e. The summed E-state index contributed by atoms with van der Waals surface area (Å²) in [7, 11) is 1.38. The van der Waals surface area contributed by atoms with Crippen LogP contribution in [0.3, 0.4) is 0 Å². The van der Waals surface area contributed by atoms with Gasteiger partial charge >= 0.3 is 5.97 Å². The summed E-state index contributed by atoms with van der Waals surface area (Å²) < 4.78 is 4.54. The summed E-state index contributed by atoms with van der Waals surface area (Å²) in [5.41, 5.74) is 6.99. The van der Waals surface area contributed by atoms with Crippen molar-refractivity contribution < 1.29 is 9.53 Å². The maximum Gasteiger partial charge on any atom is 0.333 e. The minimum absolute atomic E-state index is 0. The highest BCUT2D eigenvalue weighted by Gasteiger charge is 2.05. The number of rotatable bonds is 3. The second kappa shape index (κ2) is 7.13. The van der Waals surface area contributed by atoms with Crippen LogP contribution >= 0.6 is 12.4 Å². The van der Waals surface area contributed by atoms with E-state index in [1.807, 2.05) is 6.92 Å². The van der Waals surface area contributed by atoms with Gasteiger partial charge in [-0.15, -0.1) is 12.4 Å². The van der Waals surface area contributed by atoms with Crippen molar-refractivity contribution >= 4 is 18.4 Å². The Morgan fingerprint density at radius 1 is 1.42 bits per heavy atom. The predicted molar refractivity (Wildman–Crippen MR) is 51.3 cm³/mol. The van der Waals surface area contributed by atoms with Gasteiger partial charge in [0.25, 0.3) is 0 Å². The number of nitrogens with two attached hydrogens (primary N) is 1. The molecule has 0 aliphatic rings. The molecule has 0 saturated carbocycles. The Kier molecular flexibility index (Phi) is 8.32. The van der Waals surface area contributed by atoms with Crippen molar-refractivity contribution in [2.45, 2.75) is 20.3 Å². The van der Waals surface area contributed by atoms with Crippen molar-refractivity contribution in [2.75, 3.05) is 13.7 Å². The molecule has 12 heavy (non-hydrogen) atoms. The Morgan fingerprint density at radius 2 is 1.92 bits per heavy atom. The Morgan fingerprint density at radius 3 is 2.25 bits per heavy atom. The lowest BCUT2D eigenvalue weighted by molar-refractivity contribution is -0.136. The van der Waals surface area contributed by atoms with Gasteiger partial charge in [-0.1, -0.05) is 5.57 Å². The first kappa shape index (κ1) is 14.0. The Hall–Kier alpha value is -0.540. The van der Waals surface area contributed by atoms with Gasteiger partial charge in [0.1, 0.15) is 0 Å². The van der Waals surface area contributed by atoms with E-state index in [0.717, 1.165) is 12.0 Å². The normalized spacial score (nSPS) is 11.3. The van der Waals surface area contributed by atoms with Crippen LogP contribution in [-0.4, -0.2) is 19.6 Å². The topological polar surface area (TPSA) is 52.3 Å². The van der Waals surface area contributed by atoms with Crippen LogP contribution in [0.15, 0.2) is 11.1 Å². The average Bonchev–Trinajstić information content (AvgIpc) is 2.02. The number of hydrogen-bond acceptors (Lipinski definition) is 3. The van der Waals surface area contributed by atoms with Crippen LogP contribution in [-0.2, 0) is 9.53 Å². The molecule has 0 heterocycles. The van der Waals surface area contributed by atoms with Gasteiger partial charge in [0.05, 0.1) is 7.11 Å². The average molecular weight is 194 g/mol. The zero-order valence-electron chi connectivity index (χ0n) is 7.72. The summed E-state index contributed by atoms with van der Waals surface area (Å²) in [6, 6.07) is 0. The van der Waals surface area contributed by atoms with Crippen molar-refractivity contribution in [1.29, 1.82) is 0 Å². The monoisotopic (exact) mass is 193 g/mol. The number of carbonyl (C=O) groups excluding carboxylic acids is 1. The van der Waals surface area contributed by atoms with E-state index in [-0.39, 0.29) is 18.4 Å². The Bertz CT molecular complexity index is 178. The Labute approximate surface area is 79.4 Å². The first-order valence-corrected chi connectivity index (χ1v) is 3.58. The first-order chi connectivity index (χ1) is 5.13. The second-order valence-electron chi connectivity index (χ2n) is 2.44. The number of ether oxygens (including phenoxy) is 1. The van der Waals surface area contributed by atoms with E-state index in [2.05, 4.69) is 4.74 Å². The lowest BCUT2D eigenvalue weighted by Crippen LogP contribution is -2.06. The van der Waals surface area contributed by atoms with Gasteiger partial charge in [-0.3, -0.25) is 0 Å². The molecular formula is C8H16ClNO2. The van der Waals surface area contributed by atoms with Crippen LogP contribution in [0, 0.1) is 0 Å². The SMILES string of the molecule is COC(=O)C(C)=C(C)CCN.Cl. The quantitative estimate of drug-likeness (QED) is 0.543. The van der Waals surface area contributed by atoms with Crippen LogP contribution in [0.4, 0.5) is 0 Å². The molecule has 0 fully saturated rings. The number of methoxy groups -OCH3 is 1. The molecule has 0 rings (SSSR count). The third kappa shape index (κ3) is 4.36. The fourth-order valence-electron chi connectivity index (χ4n) is 0.731. The number of halogens is 1. The van der Waals surface area contributed by atoms with Crippen molar-refractivity contribution in [3.63, 3.8) is 0 Å². The molecular weight excluding hydrogens is 178 g/mol. The summed E-state index contributed by atoms with van der Waals surface area (Å²) in [6.45, 7) is 4.20. The molecule has 0 spiro atoms. The van der Waals surface area contributed by atoms with Crippen molar-refractivity contribution in [1.82, 2.24) is 0 Å². The van der Waals surface area contributed by atoms with Crippen LogP contribution in [0.5, 0.6) is 0 Å². The first-order valence-electron chi connectivity index (χ1n) is 3.58. The van der Waals surface area contributed by atoms with Gasteiger partial charge in [-0.05, 0) is 26.8 Å². The zero-order valence-corrected chi connectivity index (χ0v) is 8.53. The van der Waals surface area contributed by atoms with Crippen LogP contribution in [0.1, 0.15) is 20.3 Å². The number of carbonyl (C=O) groups is 1. The molecule has 0 aliphatic heterocycles. The summed E-state index contributed by atoms with van der Waals surface area (Å²) >= 11 is 0. The maximum atomic E-state index is 10.9. The van der Waals surface area contributed by atoms with Gasteiger partial charge < -0.3 is 10.5 Å². The van der Waals surface area contributed by atoms with Crippen molar-refractivity contribution in [3.8, 4) is 0 Å². The second-order valence-corrected chi connectivity index (χ2v) is 2.44. The third-order valence-corrected chi connectivity index (χ3v) is 1.65. The lowest BCUT2D eigenvalue weighted by Gasteiger charge is -2.03. The highest BCUT2D eigenvalue weighted by atomic mass is 35.5. The molecule has 4 heteroatoms. The molecule has 0 aromatic heterocycles. The van der Waals surface area contributed by atoms with E-state index < -0.39 is 0 Å². The molecule has 0 amide bonds. The third-order valence-electron chi connectivity index (χ3n) is 1.65. The van der Waals surface area contributed by atoms with E-state index in [4.69, 9.17) is 5.73 Å².